The summed E-state index contributed by atoms with van der Waals surface area (Å²) < 4.78 is 32.7. The van der Waals surface area contributed by atoms with E-state index in [4.69, 9.17) is 4.74 Å². The van der Waals surface area contributed by atoms with Gasteiger partial charge in [-0.1, -0.05) is 6.92 Å². The predicted molar refractivity (Wildman–Crippen MR) is 64.6 cm³/mol. The molecule has 0 bridgehead atoms. The van der Waals surface area contributed by atoms with E-state index in [0.717, 1.165) is 0 Å². The third kappa shape index (κ3) is 8.12. The molecule has 102 valence electrons. The minimum atomic E-state index is -3.27. The van der Waals surface area contributed by atoms with E-state index in [1.807, 2.05) is 6.92 Å². The van der Waals surface area contributed by atoms with Crippen molar-refractivity contribution in [2.45, 2.75) is 19.4 Å². The molecule has 0 amide bonds. The van der Waals surface area contributed by atoms with E-state index in [-0.39, 0.29) is 24.0 Å². The molecule has 17 heavy (non-hydrogen) atoms. The van der Waals surface area contributed by atoms with Crippen LogP contribution in [0.1, 0.15) is 13.3 Å². The number of esters is 1. The first-order chi connectivity index (χ1) is 7.95. The predicted octanol–water partition coefficient (Wildman–Crippen LogP) is -0.411. The van der Waals surface area contributed by atoms with Gasteiger partial charge in [0.1, 0.15) is 0 Å². The molecule has 0 radical (unpaired) electrons. The lowest BCUT2D eigenvalue weighted by Crippen LogP contribution is -2.39. The van der Waals surface area contributed by atoms with Crippen LogP contribution in [-0.4, -0.2) is 59.3 Å². The number of methoxy groups -OCH3 is 2. The van der Waals surface area contributed by atoms with Gasteiger partial charge < -0.3 is 14.8 Å². The van der Waals surface area contributed by atoms with Gasteiger partial charge in [-0.25, -0.2) is 8.42 Å². The van der Waals surface area contributed by atoms with Gasteiger partial charge in [0.05, 0.1) is 31.6 Å². The van der Waals surface area contributed by atoms with Crippen LogP contribution in [0.4, 0.5) is 0 Å². The lowest BCUT2D eigenvalue weighted by molar-refractivity contribution is -0.140. The SMILES string of the molecule is CCNC(COC)CS(=O)(=O)CCC(=O)OC. The van der Waals surface area contributed by atoms with Gasteiger partial charge in [0.15, 0.2) is 9.84 Å². The molecule has 1 atom stereocenters. The van der Waals surface area contributed by atoms with Crippen molar-refractivity contribution in [3.8, 4) is 0 Å². The first-order valence-corrected chi connectivity index (χ1v) is 7.26. The number of likely N-dealkylation sites (N-methyl/N-ethyl adjacent to an activating group) is 1. The molecule has 0 fully saturated rings. The Balaban J connectivity index is 4.24. The first kappa shape index (κ1) is 16.3. The molecule has 0 saturated carbocycles. The van der Waals surface area contributed by atoms with Crippen LogP contribution in [-0.2, 0) is 24.1 Å². The Morgan fingerprint density at radius 2 is 2.00 bits per heavy atom. The standard InChI is InChI=1S/C10H21NO5S/c1-4-11-9(7-15-2)8-17(13,14)6-5-10(12)16-3/h9,11H,4-8H2,1-3H3. The van der Waals surface area contributed by atoms with Crippen LogP contribution in [0.3, 0.4) is 0 Å². The minimum absolute atomic E-state index is 0.0360. The summed E-state index contributed by atoms with van der Waals surface area (Å²) in [6, 6.07) is -0.243. The average molecular weight is 267 g/mol. The summed E-state index contributed by atoms with van der Waals surface area (Å²) in [5.74, 6) is -0.739. The van der Waals surface area contributed by atoms with E-state index in [2.05, 4.69) is 10.1 Å². The number of hydrogen-bond donors (Lipinski definition) is 1. The fourth-order valence-corrected chi connectivity index (χ4v) is 2.86. The summed E-state index contributed by atoms with van der Waals surface area (Å²) in [6.07, 6.45) is -0.106. The largest absolute Gasteiger partial charge is 0.469 e. The normalized spacial score (nSPS) is 13.4. The highest BCUT2D eigenvalue weighted by molar-refractivity contribution is 7.91. The summed E-state index contributed by atoms with van der Waals surface area (Å²) in [4.78, 5) is 10.9. The van der Waals surface area contributed by atoms with Gasteiger partial charge in [0, 0.05) is 13.2 Å². The van der Waals surface area contributed by atoms with Crippen molar-refractivity contribution in [2.24, 2.45) is 0 Å². The molecular formula is C10H21NO5S. The van der Waals surface area contributed by atoms with Gasteiger partial charge in [-0.3, -0.25) is 4.79 Å². The minimum Gasteiger partial charge on any atom is -0.469 e. The maximum absolute atomic E-state index is 11.7. The van der Waals surface area contributed by atoms with Crippen LogP contribution < -0.4 is 5.32 Å². The molecule has 0 aliphatic carbocycles. The molecule has 0 aliphatic heterocycles. The van der Waals surface area contributed by atoms with E-state index in [0.29, 0.717) is 13.2 Å². The monoisotopic (exact) mass is 267 g/mol. The van der Waals surface area contributed by atoms with Crippen molar-refractivity contribution in [2.75, 3.05) is 38.9 Å². The molecule has 7 heteroatoms. The third-order valence-electron chi connectivity index (χ3n) is 2.16. The number of sulfone groups is 1. The van der Waals surface area contributed by atoms with Gasteiger partial charge in [-0.15, -0.1) is 0 Å². The summed E-state index contributed by atoms with van der Waals surface area (Å²) in [7, 11) is -0.517. The van der Waals surface area contributed by atoms with E-state index < -0.39 is 15.8 Å². The van der Waals surface area contributed by atoms with Gasteiger partial charge in [0.2, 0.25) is 0 Å². The highest BCUT2D eigenvalue weighted by Gasteiger charge is 2.19. The highest BCUT2D eigenvalue weighted by Crippen LogP contribution is 2.00. The number of hydrogen-bond acceptors (Lipinski definition) is 6. The summed E-state index contributed by atoms with van der Waals surface area (Å²) >= 11 is 0. The molecule has 1 N–H and O–H groups in total. The third-order valence-corrected chi connectivity index (χ3v) is 3.90. The van der Waals surface area contributed by atoms with E-state index in [9.17, 15) is 13.2 Å². The van der Waals surface area contributed by atoms with Gasteiger partial charge in [-0.2, -0.15) is 0 Å². The summed E-state index contributed by atoms with van der Waals surface area (Å²) in [6.45, 7) is 2.88. The van der Waals surface area contributed by atoms with E-state index >= 15 is 0 Å². The fraction of sp³-hybridized carbons (Fsp3) is 0.900. The van der Waals surface area contributed by atoms with Crippen LogP contribution in [0.2, 0.25) is 0 Å². The summed E-state index contributed by atoms with van der Waals surface area (Å²) in [5, 5.41) is 3.02. The Labute approximate surface area is 103 Å². The van der Waals surface area contributed by atoms with Gasteiger partial charge in [-0.05, 0) is 6.54 Å². The Kier molecular flexibility index (Phi) is 8.11. The van der Waals surface area contributed by atoms with E-state index in [1.165, 1.54) is 14.2 Å². The molecule has 0 heterocycles. The smallest absolute Gasteiger partial charge is 0.306 e. The van der Waals surface area contributed by atoms with Crippen molar-refractivity contribution in [1.82, 2.24) is 5.32 Å². The second-order valence-electron chi connectivity index (χ2n) is 3.65. The second-order valence-corrected chi connectivity index (χ2v) is 5.88. The number of carbonyl (C=O) groups is 1. The van der Waals surface area contributed by atoms with Crippen LogP contribution in [0.15, 0.2) is 0 Å². The Morgan fingerprint density at radius 3 is 2.47 bits per heavy atom. The van der Waals surface area contributed by atoms with Crippen molar-refractivity contribution < 1.29 is 22.7 Å². The van der Waals surface area contributed by atoms with Crippen molar-refractivity contribution in [3.63, 3.8) is 0 Å². The average Bonchev–Trinajstić information content (AvgIpc) is 2.26. The summed E-state index contributed by atoms with van der Waals surface area (Å²) in [5.41, 5.74) is 0. The van der Waals surface area contributed by atoms with Gasteiger partial charge in [0.25, 0.3) is 0 Å². The Bertz CT molecular complexity index is 309. The maximum Gasteiger partial charge on any atom is 0.306 e. The molecule has 0 rings (SSSR count). The highest BCUT2D eigenvalue weighted by atomic mass is 32.2. The Morgan fingerprint density at radius 1 is 1.35 bits per heavy atom. The molecule has 6 nitrogen and oxygen atoms in total. The van der Waals surface area contributed by atoms with Crippen molar-refractivity contribution >= 4 is 15.8 Å². The maximum atomic E-state index is 11.7. The molecule has 0 aromatic carbocycles. The number of rotatable bonds is 9. The molecule has 0 aromatic heterocycles. The topological polar surface area (TPSA) is 81.7 Å². The van der Waals surface area contributed by atoms with Crippen LogP contribution in [0.5, 0.6) is 0 Å². The lowest BCUT2D eigenvalue weighted by Gasteiger charge is -2.16. The van der Waals surface area contributed by atoms with Crippen LogP contribution in [0, 0.1) is 0 Å². The molecule has 1 unspecified atom stereocenters. The lowest BCUT2D eigenvalue weighted by atomic mass is 10.3. The van der Waals surface area contributed by atoms with Gasteiger partial charge >= 0.3 is 5.97 Å². The zero-order valence-corrected chi connectivity index (χ0v) is 11.4. The zero-order chi connectivity index (χ0) is 13.3. The fourth-order valence-electron chi connectivity index (χ4n) is 1.39. The second kappa shape index (κ2) is 8.43. The van der Waals surface area contributed by atoms with Crippen molar-refractivity contribution in [1.29, 1.82) is 0 Å². The van der Waals surface area contributed by atoms with Crippen LogP contribution in [0.25, 0.3) is 0 Å². The molecule has 0 spiro atoms. The van der Waals surface area contributed by atoms with E-state index in [1.54, 1.807) is 0 Å². The molecule has 0 aromatic rings. The number of ether oxygens (including phenoxy) is 2. The zero-order valence-electron chi connectivity index (χ0n) is 10.6. The quantitative estimate of drug-likeness (QED) is 0.572. The number of carbonyl (C=O) groups excluding carboxylic acids is 1. The Hall–Kier alpha value is -0.660. The number of nitrogens with one attached hydrogen (secondary N) is 1. The van der Waals surface area contributed by atoms with Crippen LogP contribution >= 0.6 is 0 Å². The molecule has 0 aliphatic rings. The molecular weight excluding hydrogens is 246 g/mol. The molecule has 0 saturated heterocycles. The first-order valence-electron chi connectivity index (χ1n) is 5.44. The van der Waals surface area contributed by atoms with Crippen molar-refractivity contribution in [3.05, 3.63) is 0 Å².